The zero-order valence-corrected chi connectivity index (χ0v) is 10.3. The molecule has 0 fully saturated rings. The van der Waals surface area contributed by atoms with E-state index in [-0.39, 0.29) is 5.78 Å². The lowest BCUT2D eigenvalue weighted by atomic mass is 9.97. The number of esters is 1. The molecule has 1 rings (SSSR count). The highest BCUT2D eigenvalue weighted by Crippen LogP contribution is 2.19. The number of nitrogens with zero attached hydrogens (tertiary/aromatic N) is 1. The van der Waals surface area contributed by atoms with Gasteiger partial charge in [-0.15, -0.1) is 11.3 Å². The van der Waals surface area contributed by atoms with Gasteiger partial charge in [-0.2, -0.15) is 0 Å². The third-order valence-electron chi connectivity index (χ3n) is 2.32. The van der Waals surface area contributed by atoms with Crippen molar-refractivity contribution in [1.29, 1.82) is 0 Å². The predicted molar refractivity (Wildman–Crippen MR) is 61.5 cm³/mol. The van der Waals surface area contributed by atoms with Gasteiger partial charge in [-0.3, -0.25) is 14.6 Å². The van der Waals surface area contributed by atoms with Gasteiger partial charge in [0.05, 0.1) is 17.5 Å². The number of hydrogen-bond acceptors (Lipinski definition) is 5. The molecular weight excluding hydrogens is 226 g/mol. The molecule has 0 bridgehead atoms. The summed E-state index contributed by atoms with van der Waals surface area (Å²) in [4.78, 5) is 27.8. The van der Waals surface area contributed by atoms with Crippen molar-refractivity contribution in [3.8, 4) is 0 Å². The van der Waals surface area contributed by atoms with Crippen LogP contribution in [0.5, 0.6) is 0 Å². The molecule has 0 aromatic carbocycles. The molecule has 0 aliphatic rings. The second-order valence-corrected chi connectivity index (χ2v) is 4.33. The van der Waals surface area contributed by atoms with Crippen molar-refractivity contribution < 1.29 is 14.3 Å². The molecule has 0 aliphatic carbocycles. The van der Waals surface area contributed by atoms with Crippen LogP contribution in [0, 0.1) is 5.92 Å². The minimum atomic E-state index is -0.676. The molecule has 4 nitrogen and oxygen atoms in total. The first kappa shape index (κ1) is 12.8. The van der Waals surface area contributed by atoms with Crippen molar-refractivity contribution >= 4 is 23.1 Å². The zero-order chi connectivity index (χ0) is 12.0. The Morgan fingerprint density at radius 3 is 2.81 bits per heavy atom. The normalized spacial score (nSPS) is 12.1. The van der Waals surface area contributed by atoms with Gasteiger partial charge in [0.2, 0.25) is 0 Å². The van der Waals surface area contributed by atoms with E-state index in [1.165, 1.54) is 24.6 Å². The third-order valence-corrected chi connectivity index (χ3v) is 3.11. The van der Waals surface area contributed by atoms with E-state index in [1.807, 2.05) is 6.92 Å². The van der Waals surface area contributed by atoms with E-state index in [4.69, 9.17) is 0 Å². The molecule has 1 aromatic rings. The fourth-order valence-electron chi connectivity index (χ4n) is 1.42. The molecule has 1 unspecified atom stereocenters. The largest absolute Gasteiger partial charge is 0.468 e. The number of rotatable bonds is 6. The average Bonchev–Trinajstić information content (AvgIpc) is 2.82. The second kappa shape index (κ2) is 6.37. The van der Waals surface area contributed by atoms with E-state index >= 15 is 0 Å². The Labute approximate surface area is 98.6 Å². The van der Waals surface area contributed by atoms with E-state index in [0.29, 0.717) is 11.3 Å². The molecule has 16 heavy (non-hydrogen) atoms. The Bertz CT molecular complexity index is 348. The highest BCUT2D eigenvalue weighted by atomic mass is 32.1. The van der Waals surface area contributed by atoms with Crippen LogP contribution < -0.4 is 0 Å². The van der Waals surface area contributed by atoms with Gasteiger partial charge in [-0.05, 0) is 6.42 Å². The Morgan fingerprint density at radius 2 is 2.31 bits per heavy atom. The van der Waals surface area contributed by atoms with Gasteiger partial charge in [0.1, 0.15) is 5.92 Å². The van der Waals surface area contributed by atoms with Crippen molar-refractivity contribution in [1.82, 2.24) is 4.98 Å². The SMILES string of the molecule is CCCCC(C(=O)OC)C(=O)c1cncs1. The number of aromatic nitrogens is 1. The molecular formula is C11H15NO3S. The van der Waals surface area contributed by atoms with Gasteiger partial charge in [0, 0.05) is 6.20 Å². The molecule has 1 atom stereocenters. The number of thiazole rings is 1. The van der Waals surface area contributed by atoms with Crippen LogP contribution in [0.2, 0.25) is 0 Å². The summed E-state index contributed by atoms with van der Waals surface area (Å²) in [7, 11) is 1.31. The second-order valence-electron chi connectivity index (χ2n) is 3.45. The molecule has 1 heterocycles. The number of ether oxygens (including phenoxy) is 1. The minimum Gasteiger partial charge on any atom is -0.468 e. The highest BCUT2D eigenvalue weighted by molar-refractivity contribution is 7.11. The summed E-state index contributed by atoms with van der Waals surface area (Å²) in [5, 5.41) is 0. The maximum Gasteiger partial charge on any atom is 0.316 e. The summed E-state index contributed by atoms with van der Waals surface area (Å²) in [6.45, 7) is 2.02. The zero-order valence-electron chi connectivity index (χ0n) is 9.43. The van der Waals surface area contributed by atoms with Gasteiger partial charge in [0.15, 0.2) is 5.78 Å². The van der Waals surface area contributed by atoms with Crippen molar-refractivity contribution in [3.63, 3.8) is 0 Å². The predicted octanol–water partition coefficient (Wildman–Crippen LogP) is 2.31. The quantitative estimate of drug-likeness (QED) is 0.435. The molecule has 88 valence electrons. The number of carbonyl (C=O) groups excluding carboxylic acids is 2. The van der Waals surface area contributed by atoms with Gasteiger partial charge in [-0.25, -0.2) is 0 Å². The lowest BCUT2D eigenvalue weighted by Crippen LogP contribution is -2.24. The van der Waals surface area contributed by atoms with Crippen LogP contribution in [0.15, 0.2) is 11.7 Å². The number of Topliss-reactive ketones (excluding diaryl/α,β-unsaturated/α-hetero) is 1. The van der Waals surface area contributed by atoms with Crippen molar-refractivity contribution in [3.05, 3.63) is 16.6 Å². The van der Waals surface area contributed by atoms with Crippen molar-refractivity contribution in [2.24, 2.45) is 5.92 Å². The van der Waals surface area contributed by atoms with Gasteiger partial charge in [0.25, 0.3) is 0 Å². The molecule has 0 saturated carbocycles. The first-order valence-electron chi connectivity index (χ1n) is 5.21. The summed E-state index contributed by atoms with van der Waals surface area (Å²) < 4.78 is 4.65. The van der Waals surface area contributed by atoms with E-state index < -0.39 is 11.9 Å². The van der Waals surface area contributed by atoms with E-state index in [1.54, 1.807) is 5.51 Å². The van der Waals surface area contributed by atoms with Crippen molar-refractivity contribution in [2.75, 3.05) is 7.11 Å². The Balaban J connectivity index is 2.76. The summed E-state index contributed by atoms with van der Waals surface area (Å²) in [6, 6.07) is 0. The smallest absolute Gasteiger partial charge is 0.316 e. The first-order chi connectivity index (χ1) is 7.70. The Morgan fingerprint density at radius 1 is 1.56 bits per heavy atom. The molecule has 5 heteroatoms. The van der Waals surface area contributed by atoms with Gasteiger partial charge in [-0.1, -0.05) is 19.8 Å². The summed E-state index contributed by atoms with van der Waals surface area (Å²) in [5.74, 6) is -1.31. The molecule has 1 aromatic heterocycles. The van der Waals surface area contributed by atoms with E-state index in [9.17, 15) is 9.59 Å². The fraction of sp³-hybridized carbons (Fsp3) is 0.545. The third kappa shape index (κ3) is 3.13. The number of hydrogen-bond donors (Lipinski definition) is 0. The number of ketones is 1. The van der Waals surface area contributed by atoms with Crippen LogP contribution in [0.1, 0.15) is 35.9 Å². The molecule has 0 N–H and O–H groups in total. The highest BCUT2D eigenvalue weighted by Gasteiger charge is 2.28. The standard InChI is InChI=1S/C11H15NO3S/c1-3-4-5-8(11(14)15-2)10(13)9-6-12-7-16-9/h6-8H,3-5H2,1-2H3. The van der Waals surface area contributed by atoms with Crippen LogP contribution in [0.3, 0.4) is 0 Å². The van der Waals surface area contributed by atoms with Crippen molar-refractivity contribution in [2.45, 2.75) is 26.2 Å². The van der Waals surface area contributed by atoms with E-state index in [2.05, 4.69) is 9.72 Å². The monoisotopic (exact) mass is 241 g/mol. The van der Waals surface area contributed by atoms with Crippen LogP contribution >= 0.6 is 11.3 Å². The first-order valence-corrected chi connectivity index (χ1v) is 6.09. The Kier molecular flexibility index (Phi) is 5.11. The average molecular weight is 241 g/mol. The van der Waals surface area contributed by atoms with Crippen LogP contribution in [0.4, 0.5) is 0 Å². The summed E-state index contributed by atoms with van der Waals surface area (Å²) in [6.07, 6.45) is 3.82. The fourth-order valence-corrected chi connectivity index (χ4v) is 2.03. The van der Waals surface area contributed by atoms with Gasteiger partial charge >= 0.3 is 5.97 Å². The molecule has 0 aliphatic heterocycles. The summed E-state index contributed by atoms with van der Waals surface area (Å²) in [5.41, 5.74) is 1.58. The number of methoxy groups -OCH3 is 1. The van der Waals surface area contributed by atoms with Crippen LogP contribution in [-0.4, -0.2) is 23.8 Å². The lowest BCUT2D eigenvalue weighted by molar-refractivity contribution is -0.143. The number of carbonyl (C=O) groups is 2. The van der Waals surface area contributed by atoms with Crippen LogP contribution in [-0.2, 0) is 9.53 Å². The molecule has 0 amide bonds. The lowest BCUT2D eigenvalue weighted by Gasteiger charge is -2.11. The summed E-state index contributed by atoms with van der Waals surface area (Å²) >= 11 is 1.25. The molecule has 0 radical (unpaired) electrons. The number of unbranched alkanes of at least 4 members (excludes halogenated alkanes) is 1. The van der Waals surface area contributed by atoms with Gasteiger partial charge < -0.3 is 4.74 Å². The maximum atomic E-state index is 12.0. The topological polar surface area (TPSA) is 56.3 Å². The minimum absolute atomic E-state index is 0.178. The Hall–Kier alpha value is -1.23. The molecule has 0 spiro atoms. The van der Waals surface area contributed by atoms with Crippen LogP contribution in [0.25, 0.3) is 0 Å². The molecule has 0 saturated heterocycles. The maximum absolute atomic E-state index is 12.0. The van der Waals surface area contributed by atoms with E-state index in [0.717, 1.165) is 12.8 Å².